The van der Waals surface area contributed by atoms with E-state index in [0.717, 1.165) is 43.1 Å². The largest absolute Gasteiger partial charge is 0.497 e. The normalized spacial score (nSPS) is 15.3. The molecule has 41 heavy (non-hydrogen) atoms. The molecule has 8 nitrogen and oxygen atoms in total. The lowest BCUT2D eigenvalue weighted by Gasteiger charge is -2.35. The van der Waals surface area contributed by atoms with E-state index in [1.165, 1.54) is 5.56 Å². The molecule has 8 heteroatoms. The number of primary amides is 1. The number of nitrogens with two attached hydrogens (primary N) is 1. The van der Waals surface area contributed by atoms with Gasteiger partial charge in [-0.3, -0.25) is 4.79 Å². The molecule has 1 amide bonds. The van der Waals surface area contributed by atoms with Crippen LogP contribution >= 0.6 is 0 Å². The van der Waals surface area contributed by atoms with E-state index in [2.05, 4.69) is 12.1 Å². The van der Waals surface area contributed by atoms with Gasteiger partial charge in [0, 0.05) is 6.07 Å². The van der Waals surface area contributed by atoms with Crippen molar-refractivity contribution in [1.29, 1.82) is 0 Å². The zero-order valence-corrected chi connectivity index (χ0v) is 23.7. The van der Waals surface area contributed by atoms with E-state index in [0.29, 0.717) is 42.1 Å². The van der Waals surface area contributed by atoms with Crippen LogP contribution in [0.25, 0.3) is 22.4 Å². The minimum atomic E-state index is -1.29. The van der Waals surface area contributed by atoms with Crippen molar-refractivity contribution in [1.82, 2.24) is 9.55 Å². The number of carbonyl (C=O) groups is 2. The summed E-state index contributed by atoms with van der Waals surface area (Å²) in [6, 6.07) is 22.7. The first-order valence-electron chi connectivity index (χ1n) is 14.2. The molecule has 1 aliphatic carbocycles. The van der Waals surface area contributed by atoms with Gasteiger partial charge in [-0.1, -0.05) is 48.9 Å². The highest BCUT2D eigenvalue weighted by Crippen LogP contribution is 2.39. The third-order valence-electron chi connectivity index (χ3n) is 8.02. The van der Waals surface area contributed by atoms with E-state index < -0.39 is 23.5 Å². The van der Waals surface area contributed by atoms with Crippen LogP contribution in [0.1, 0.15) is 56.6 Å². The number of aromatic nitrogens is 2. The number of aryl methyl sites for hydroxylation is 1. The Labute approximate surface area is 240 Å². The molecule has 5 rings (SSSR count). The molecule has 1 aliphatic rings. The summed E-state index contributed by atoms with van der Waals surface area (Å²) in [4.78, 5) is 31.8. The van der Waals surface area contributed by atoms with Gasteiger partial charge in [0.2, 0.25) is 0 Å². The van der Waals surface area contributed by atoms with Crippen molar-refractivity contribution < 1.29 is 23.8 Å². The molecule has 1 heterocycles. The van der Waals surface area contributed by atoms with Gasteiger partial charge in [0.05, 0.1) is 30.8 Å². The highest BCUT2D eigenvalue weighted by molar-refractivity contribution is 5.89. The summed E-state index contributed by atoms with van der Waals surface area (Å²) in [5.41, 5.74) is 8.00. The topological polar surface area (TPSA) is 106 Å². The van der Waals surface area contributed by atoms with E-state index in [1.807, 2.05) is 59.2 Å². The Morgan fingerprint density at radius 3 is 2.39 bits per heavy atom. The zero-order valence-electron chi connectivity index (χ0n) is 23.7. The fourth-order valence-electron chi connectivity index (χ4n) is 5.81. The number of rotatable bonds is 11. The predicted octanol–water partition coefficient (Wildman–Crippen LogP) is 6.02. The highest BCUT2D eigenvalue weighted by Gasteiger charge is 2.43. The molecule has 0 spiro atoms. The number of nitrogens with zero attached hydrogens (tertiary/aromatic N) is 2. The van der Waals surface area contributed by atoms with Crippen LogP contribution in [0.15, 0.2) is 72.8 Å². The van der Waals surface area contributed by atoms with Gasteiger partial charge < -0.3 is 24.5 Å². The minimum Gasteiger partial charge on any atom is -0.497 e. The fraction of sp³-hybridized carbons (Fsp3) is 0.364. The van der Waals surface area contributed by atoms with Gasteiger partial charge in [-0.15, -0.1) is 0 Å². The lowest BCUT2D eigenvalue weighted by Crippen LogP contribution is -2.50. The first-order valence-corrected chi connectivity index (χ1v) is 14.2. The van der Waals surface area contributed by atoms with Gasteiger partial charge in [0.25, 0.3) is 5.91 Å². The monoisotopic (exact) mass is 555 g/mol. The second-order valence-corrected chi connectivity index (χ2v) is 10.6. The minimum absolute atomic E-state index is 0.439. The highest BCUT2D eigenvalue weighted by atomic mass is 16.6. The van der Waals surface area contributed by atoms with Gasteiger partial charge in [0.15, 0.2) is 5.60 Å². The van der Waals surface area contributed by atoms with Gasteiger partial charge in [-0.25, -0.2) is 9.78 Å². The van der Waals surface area contributed by atoms with Crippen molar-refractivity contribution in [3.63, 3.8) is 0 Å². The molecule has 1 aromatic heterocycles. The molecule has 0 radical (unpaired) electrons. The summed E-state index contributed by atoms with van der Waals surface area (Å²) in [7, 11) is 3.19. The van der Waals surface area contributed by atoms with Crippen molar-refractivity contribution >= 4 is 22.9 Å². The van der Waals surface area contributed by atoms with E-state index >= 15 is 0 Å². The van der Waals surface area contributed by atoms with Crippen molar-refractivity contribution in [3.8, 4) is 22.9 Å². The Bertz CT molecular complexity index is 1510. The molecular weight excluding hydrogens is 518 g/mol. The van der Waals surface area contributed by atoms with Crippen LogP contribution in [0.3, 0.4) is 0 Å². The Balaban J connectivity index is 1.60. The summed E-state index contributed by atoms with van der Waals surface area (Å²) >= 11 is 0. The number of hydrogen-bond donors (Lipinski definition) is 1. The Hall–Kier alpha value is -4.33. The molecule has 214 valence electrons. The second kappa shape index (κ2) is 12.5. The molecule has 0 saturated heterocycles. The number of amides is 1. The SMILES string of the molecule is COc1ccc(-c2nc3ccccc3n2C(CCCc2ccccc2)C(=O)OC2(C(N)=O)CCCCC2)c(OC)c1. The van der Waals surface area contributed by atoms with E-state index in [4.69, 9.17) is 24.9 Å². The van der Waals surface area contributed by atoms with Crippen LogP contribution in [-0.2, 0) is 20.7 Å². The summed E-state index contributed by atoms with van der Waals surface area (Å²) in [6.45, 7) is 0. The summed E-state index contributed by atoms with van der Waals surface area (Å²) in [6.07, 6.45) is 5.44. The maximum atomic E-state index is 14.2. The predicted molar refractivity (Wildman–Crippen MR) is 158 cm³/mol. The average molecular weight is 556 g/mol. The number of benzene rings is 3. The Morgan fingerprint density at radius 2 is 1.68 bits per heavy atom. The molecule has 1 fully saturated rings. The van der Waals surface area contributed by atoms with Crippen molar-refractivity contribution in [2.45, 2.75) is 63.0 Å². The van der Waals surface area contributed by atoms with Crippen molar-refractivity contribution in [2.24, 2.45) is 5.73 Å². The third-order valence-corrected chi connectivity index (χ3v) is 8.02. The number of ether oxygens (including phenoxy) is 3. The number of para-hydroxylation sites is 2. The van der Waals surface area contributed by atoms with Crippen LogP contribution < -0.4 is 15.2 Å². The van der Waals surface area contributed by atoms with Gasteiger partial charge in [-0.05, 0) is 74.8 Å². The number of imidazole rings is 1. The first-order chi connectivity index (χ1) is 20.0. The molecule has 2 N–H and O–H groups in total. The maximum Gasteiger partial charge on any atom is 0.330 e. The lowest BCUT2D eigenvalue weighted by atomic mass is 9.84. The van der Waals surface area contributed by atoms with Crippen LogP contribution in [0.2, 0.25) is 0 Å². The molecule has 4 aromatic rings. The number of hydrogen-bond acceptors (Lipinski definition) is 6. The van der Waals surface area contributed by atoms with Gasteiger partial charge >= 0.3 is 5.97 Å². The molecule has 0 bridgehead atoms. The second-order valence-electron chi connectivity index (χ2n) is 10.6. The van der Waals surface area contributed by atoms with Crippen LogP contribution in [0.5, 0.6) is 11.5 Å². The average Bonchev–Trinajstić information content (AvgIpc) is 3.38. The van der Waals surface area contributed by atoms with E-state index in [1.54, 1.807) is 20.3 Å². The molecule has 3 aromatic carbocycles. The molecule has 0 aliphatic heterocycles. The van der Waals surface area contributed by atoms with Gasteiger partial charge in [0.1, 0.15) is 23.4 Å². The lowest BCUT2D eigenvalue weighted by molar-refractivity contribution is -0.174. The van der Waals surface area contributed by atoms with E-state index in [-0.39, 0.29) is 0 Å². The van der Waals surface area contributed by atoms with Crippen LogP contribution in [0, 0.1) is 0 Å². The third kappa shape index (κ3) is 5.92. The molecule has 1 unspecified atom stereocenters. The van der Waals surface area contributed by atoms with E-state index in [9.17, 15) is 9.59 Å². The quantitative estimate of drug-likeness (QED) is 0.227. The Kier molecular flexibility index (Phi) is 8.57. The molecule has 1 atom stereocenters. The number of carbonyl (C=O) groups excluding carboxylic acids is 2. The summed E-state index contributed by atoms with van der Waals surface area (Å²) in [5, 5.41) is 0. The Morgan fingerprint density at radius 1 is 0.951 bits per heavy atom. The van der Waals surface area contributed by atoms with Crippen LogP contribution in [-0.4, -0.2) is 41.2 Å². The maximum absolute atomic E-state index is 14.2. The smallest absolute Gasteiger partial charge is 0.330 e. The zero-order chi connectivity index (χ0) is 28.8. The number of fused-ring (bicyclic) bond motifs is 1. The standard InChI is InChI=1S/C33H37N3O5/c1-39-24-18-19-25(29(22-24)40-2)30-35-26-15-7-8-16-27(26)36(30)28(17-11-14-23-12-5-3-6-13-23)31(37)41-33(32(34)38)20-9-4-10-21-33/h3,5-8,12-13,15-16,18-19,22,28H,4,9-11,14,17,20-21H2,1-2H3,(H2,34,38). The molecular formula is C33H37N3O5. The molecule has 1 saturated carbocycles. The first kappa shape index (κ1) is 28.2. The van der Waals surface area contributed by atoms with Crippen LogP contribution in [0.4, 0.5) is 0 Å². The number of methoxy groups -OCH3 is 2. The van der Waals surface area contributed by atoms with Crippen molar-refractivity contribution in [2.75, 3.05) is 14.2 Å². The van der Waals surface area contributed by atoms with Crippen molar-refractivity contribution in [3.05, 3.63) is 78.4 Å². The number of esters is 1. The fourth-order valence-corrected chi connectivity index (χ4v) is 5.81. The summed E-state index contributed by atoms with van der Waals surface area (Å²) in [5.74, 6) is 0.729. The summed E-state index contributed by atoms with van der Waals surface area (Å²) < 4.78 is 19.2. The van der Waals surface area contributed by atoms with Gasteiger partial charge in [-0.2, -0.15) is 0 Å².